The van der Waals surface area contributed by atoms with E-state index in [0.717, 1.165) is 36.7 Å². The van der Waals surface area contributed by atoms with E-state index in [1.54, 1.807) is 0 Å². The van der Waals surface area contributed by atoms with E-state index in [0.29, 0.717) is 19.2 Å². The molecule has 2 heterocycles. The fourth-order valence-electron chi connectivity index (χ4n) is 2.39. The van der Waals surface area contributed by atoms with Crippen LogP contribution in [0.4, 0.5) is 18.9 Å². The molecule has 0 aliphatic carbocycles. The third-order valence-electron chi connectivity index (χ3n) is 3.58. The van der Waals surface area contributed by atoms with Crippen LogP contribution in [0.25, 0.3) is 0 Å². The average molecular weight is 375 g/mol. The van der Waals surface area contributed by atoms with Gasteiger partial charge < -0.3 is 4.74 Å². The van der Waals surface area contributed by atoms with E-state index in [1.165, 1.54) is 4.68 Å². The molecule has 1 fully saturated rings. The number of nitro groups is 1. The predicted octanol–water partition coefficient (Wildman–Crippen LogP) is 2.93. The first kappa shape index (κ1) is 17.6. The summed E-state index contributed by atoms with van der Waals surface area (Å²) in [5.41, 5.74) is -1.73. The van der Waals surface area contributed by atoms with E-state index in [-0.39, 0.29) is 16.2 Å². The summed E-state index contributed by atoms with van der Waals surface area (Å²) in [6.45, 7) is 1.03. The Morgan fingerprint density at radius 1 is 1.44 bits per heavy atom. The zero-order valence-electron chi connectivity index (χ0n) is 12.6. The van der Waals surface area contributed by atoms with Gasteiger partial charge in [0.1, 0.15) is 0 Å². The second kappa shape index (κ2) is 6.96. The smallest absolute Gasteiger partial charge is 0.376 e. The molecule has 1 aromatic heterocycles. The lowest BCUT2D eigenvalue weighted by molar-refractivity contribution is -0.388. The molecule has 0 amide bonds. The maximum atomic E-state index is 12.8. The van der Waals surface area contributed by atoms with Gasteiger partial charge in [-0.05, 0) is 47.2 Å². The highest BCUT2D eigenvalue weighted by molar-refractivity contribution is 7.99. The number of aromatic nitrogens is 4. The number of nitro benzene ring substituents is 1. The molecule has 1 aliphatic heterocycles. The molecule has 12 heteroatoms. The number of rotatable bonds is 5. The van der Waals surface area contributed by atoms with E-state index >= 15 is 0 Å². The van der Waals surface area contributed by atoms with E-state index in [1.807, 2.05) is 0 Å². The van der Waals surface area contributed by atoms with Gasteiger partial charge >= 0.3 is 6.18 Å². The van der Waals surface area contributed by atoms with Crippen LogP contribution in [0.2, 0.25) is 0 Å². The van der Waals surface area contributed by atoms with Crippen molar-refractivity contribution >= 4 is 17.4 Å². The van der Waals surface area contributed by atoms with Crippen molar-refractivity contribution in [2.75, 3.05) is 6.61 Å². The van der Waals surface area contributed by atoms with E-state index in [4.69, 9.17) is 4.74 Å². The molecule has 1 aliphatic rings. The molecule has 8 nitrogen and oxygen atoms in total. The second-order valence-electron chi connectivity index (χ2n) is 5.32. The van der Waals surface area contributed by atoms with Crippen LogP contribution >= 0.6 is 11.8 Å². The lowest BCUT2D eigenvalue weighted by Crippen LogP contribution is -2.16. The third kappa shape index (κ3) is 4.07. The molecule has 0 N–H and O–H groups in total. The van der Waals surface area contributed by atoms with Crippen molar-refractivity contribution in [1.29, 1.82) is 0 Å². The summed E-state index contributed by atoms with van der Waals surface area (Å²) in [4.78, 5) is 10.3. The Bertz CT molecular complexity index is 777. The van der Waals surface area contributed by atoms with Crippen molar-refractivity contribution in [3.05, 3.63) is 33.9 Å². The molecule has 25 heavy (non-hydrogen) atoms. The molecule has 0 saturated carbocycles. The molecule has 2 aromatic rings. The van der Waals surface area contributed by atoms with Gasteiger partial charge in [-0.3, -0.25) is 10.1 Å². The van der Waals surface area contributed by atoms with E-state index in [9.17, 15) is 23.3 Å². The number of alkyl halides is 3. The third-order valence-corrected chi connectivity index (χ3v) is 4.62. The summed E-state index contributed by atoms with van der Waals surface area (Å²) < 4.78 is 45.2. The van der Waals surface area contributed by atoms with E-state index < -0.39 is 22.4 Å². The van der Waals surface area contributed by atoms with Crippen LogP contribution < -0.4 is 0 Å². The van der Waals surface area contributed by atoms with Crippen LogP contribution in [-0.2, 0) is 17.5 Å². The minimum absolute atomic E-state index is 0.0291. The first-order chi connectivity index (χ1) is 11.8. The van der Waals surface area contributed by atoms with Gasteiger partial charge in [-0.25, -0.2) is 4.68 Å². The topological polar surface area (TPSA) is 96.0 Å². The van der Waals surface area contributed by atoms with Gasteiger partial charge in [-0.1, -0.05) is 0 Å². The van der Waals surface area contributed by atoms with Crippen LogP contribution in [0.3, 0.4) is 0 Å². The summed E-state index contributed by atoms with van der Waals surface area (Å²) in [6, 6.07) is 2.36. The average Bonchev–Trinajstić information content (AvgIpc) is 3.19. The first-order valence-electron chi connectivity index (χ1n) is 7.26. The summed E-state index contributed by atoms with van der Waals surface area (Å²) in [6.07, 6.45) is -2.93. The standard InChI is InChI=1S/C13H12F3N5O3S/c14-13(15,16)8-3-4-11(10(6-8)21(22)23)25-12-17-18-19-20(12)7-9-2-1-5-24-9/h3-4,6,9H,1-2,5,7H2. The second-order valence-corrected chi connectivity index (χ2v) is 6.33. The molecule has 0 spiro atoms. The lowest BCUT2D eigenvalue weighted by Gasteiger charge is -2.11. The summed E-state index contributed by atoms with van der Waals surface area (Å²) in [5.74, 6) is 0. The Hall–Kier alpha value is -2.21. The van der Waals surface area contributed by atoms with Gasteiger partial charge in [0, 0.05) is 12.7 Å². The number of ether oxygens (including phenoxy) is 1. The van der Waals surface area contributed by atoms with Crippen molar-refractivity contribution < 1.29 is 22.8 Å². The van der Waals surface area contributed by atoms with Gasteiger partial charge in [0.25, 0.3) is 5.69 Å². The fraction of sp³-hybridized carbons (Fsp3) is 0.462. The largest absolute Gasteiger partial charge is 0.416 e. The summed E-state index contributed by atoms with van der Waals surface area (Å²) in [7, 11) is 0. The molecule has 1 unspecified atom stereocenters. The molecule has 1 atom stereocenters. The van der Waals surface area contributed by atoms with Crippen molar-refractivity contribution in [3.8, 4) is 0 Å². The van der Waals surface area contributed by atoms with Crippen LogP contribution in [0.5, 0.6) is 0 Å². The lowest BCUT2D eigenvalue weighted by atomic mass is 10.2. The van der Waals surface area contributed by atoms with Gasteiger partial charge in [0.05, 0.1) is 28.0 Å². The highest BCUT2D eigenvalue weighted by atomic mass is 32.2. The highest BCUT2D eigenvalue weighted by Gasteiger charge is 2.33. The fourth-order valence-corrected chi connectivity index (χ4v) is 3.25. The molecule has 1 aromatic carbocycles. The SMILES string of the molecule is O=[N+]([O-])c1cc(C(F)(F)F)ccc1Sc1nnnn1CC1CCCO1. The first-order valence-corrected chi connectivity index (χ1v) is 8.07. The number of halogens is 3. The Balaban J connectivity index is 1.85. The van der Waals surface area contributed by atoms with Crippen LogP contribution in [0.1, 0.15) is 18.4 Å². The Labute approximate surface area is 143 Å². The van der Waals surface area contributed by atoms with Crippen molar-refractivity contribution in [2.45, 2.75) is 41.7 Å². The van der Waals surface area contributed by atoms with Gasteiger partial charge in [-0.15, -0.1) is 5.10 Å². The number of hydrogen-bond donors (Lipinski definition) is 0. The number of hydrogen-bond acceptors (Lipinski definition) is 7. The molecule has 134 valence electrons. The number of nitrogens with zero attached hydrogens (tertiary/aromatic N) is 5. The molecule has 0 bridgehead atoms. The zero-order valence-corrected chi connectivity index (χ0v) is 13.5. The maximum Gasteiger partial charge on any atom is 0.416 e. The number of tetrazole rings is 1. The Morgan fingerprint density at radius 3 is 2.88 bits per heavy atom. The van der Waals surface area contributed by atoms with Gasteiger partial charge in [0.15, 0.2) is 0 Å². The van der Waals surface area contributed by atoms with Crippen molar-refractivity contribution in [1.82, 2.24) is 20.2 Å². The van der Waals surface area contributed by atoms with Gasteiger partial charge in [-0.2, -0.15) is 13.2 Å². The molecule has 3 rings (SSSR count). The number of benzene rings is 1. The minimum atomic E-state index is -4.66. The van der Waals surface area contributed by atoms with Crippen LogP contribution in [0.15, 0.2) is 28.3 Å². The van der Waals surface area contributed by atoms with E-state index in [2.05, 4.69) is 15.5 Å². The van der Waals surface area contributed by atoms with Crippen LogP contribution in [-0.4, -0.2) is 37.8 Å². The summed E-state index contributed by atoms with van der Waals surface area (Å²) >= 11 is 0.841. The van der Waals surface area contributed by atoms with Crippen molar-refractivity contribution in [3.63, 3.8) is 0 Å². The minimum Gasteiger partial charge on any atom is -0.376 e. The van der Waals surface area contributed by atoms with Gasteiger partial charge in [0.2, 0.25) is 5.16 Å². The predicted molar refractivity (Wildman–Crippen MR) is 79.0 cm³/mol. The van der Waals surface area contributed by atoms with Crippen molar-refractivity contribution in [2.24, 2.45) is 0 Å². The summed E-state index contributed by atoms with van der Waals surface area (Å²) in [5, 5.41) is 22.5. The quantitative estimate of drug-likeness (QED) is 0.585. The monoisotopic (exact) mass is 375 g/mol. The maximum absolute atomic E-state index is 12.8. The Kier molecular flexibility index (Phi) is 4.90. The zero-order chi connectivity index (χ0) is 18.0. The molecule has 0 radical (unpaired) electrons. The molecular weight excluding hydrogens is 363 g/mol. The molecular formula is C13H12F3N5O3S. The van der Waals surface area contributed by atoms with Crippen LogP contribution in [0, 0.1) is 10.1 Å². The molecule has 1 saturated heterocycles. The highest BCUT2D eigenvalue weighted by Crippen LogP contribution is 2.38. The Morgan fingerprint density at radius 2 is 2.24 bits per heavy atom. The normalized spacial score (nSPS) is 17.8.